The van der Waals surface area contributed by atoms with E-state index in [1.807, 2.05) is 0 Å². The van der Waals surface area contributed by atoms with Crippen LogP contribution in [-0.2, 0) is 4.74 Å². The van der Waals surface area contributed by atoms with Crippen LogP contribution in [0.3, 0.4) is 0 Å². The highest BCUT2D eigenvalue weighted by Crippen LogP contribution is 2.34. The van der Waals surface area contributed by atoms with Crippen LogP contribution in [0.15, 0.2) is 0 Å². The molecular weight excluding hydrogens is 267 g/mol. The second kappa shape index (κ2) is 7.64. The van der Waals surface area contributed by atoms with E-state index in [-0.39, 0.29) is 12.1 Å². The van der Waals surface area contributed by atoms with Crippen LogP contribution in [0.25, 0.3) is 0 Å². The maximum atomic E-state index is 12.7. The van der Waals surface area contributed by atoms with Crippen molar-refractivity contribution in [3.8, 4) is 0 Å². The number of hydrogen-bond donors (Lipinski definition) is 1. The molecular formula is C15H28F3NO. The first-order valence-corrected chi connectivity index (χ1v) is 7.71. The van der Waals surface area contributed by atoms with Crippen molar-refractivity contribution < 1.29 is 17.9 Å². The molecule has 1 fully saturated rings. The lowest BCUT2D eigenvalue weighted by atomic mass is 9.78. The summed E-state index contributed by atoms with van der Waals surface area (Å²) in [5, 5.41) is 3.35. The van der Waals surface area contributed by atoms with Crippen molar-refractivity contribution in [2.75, 3.05) is 6.54 Å². The molecule has 2 nitrogen and oxygen atoms in total. The Balaban J connectivity index is 2.66. The number of rotatable bonds is 6. The standard InChI is InChI=1S/C15H28F3NO/c1-5-8-19-13-7-6-12(10(2)3)9-14(13)20-11(4)15(16,17)18/h10-14,19H,5-9H2,1-4H3. The van der Waals surface area contributed by atoms with Crippen molar-refractivity contribution in [2.24, 2.45) is 11.8 Å². The van der Waals surface area contributed by atoms with E-state index in [9.17, 15) is 13.2 Å². The Kier molecular flexibility index (Phi) is 6.79. The molecule has 4 unspecified atom stereocenters. The van der Waals surface area contributed by atoms with E-state index in [2.05, 4.69) is 26.1 Å². The van der Waals surface area contributed by atoms with Crippen molar-refractivity contribution in [3.05, 3.63) is 0 Å². The maximum absolute atomic E-state index is 12.7. The highest BCUT2D eigenvalue weighted by atomic mass is 19.4. The van der Waals surface area contributed by atoms with Gasteiger partial charge in [-0.15, -0.1) is 0 Å². The SMILES string of the molecule is CCCNC1CCC(C(C)C)CC1OC(C)C(F)(F)F. The van der Waals surface area contributed by atoms with E-state index in [1.165, 1.54) is 0 Å². The van der Waals surface area contributed by atoms with Gasteiger partial charge in [-0.1, -0.05) is 20.8 Å². The first-order chi connectivity index (χ1) is 9.25. The zero-order valence-electron chi connectivity index (χ0n) is 13.0. The molecule has 5 heteroatoms. The molecule has 0 spiro atoms. The molecule has 4 atom stereocenters. The summed E-state index contributed by atoms with van der Waals surface area (Å²) in [5.41, 5.74) is 0. The Morgan fingerprint density at radius 2 is 1.85 bits per heavy atom. The molecule has 1 rings (SSSR count). The lowest BCUT2D eigenvalue weighted by molar-refractivity contribution is -0.233. The van der Waals surface area contributed by atoms with Crippen LogP contribution in [-0.4, -0.2) is 31.0 Å². The van der Waals surface area contributed by atoms with Gasteiger partial charge in [0.05, 0.1) is 6.10 Å². The van der Waals surface area contributed by atoms with E-state index in [0.29, 0.717) is 11.8 Å². The molecule has 0 heterocycles. The van der Waals surface area contributed by atoms with Crippen molar-refractivity contribution in [1.29, 1.82) is 0 Å². The van der Waals surface area contributed by atoms with Crippen LogP contribution >= 0.6 is 0 Å². The first-order valence-electron chi connectivity index (χ1n) is 7.71. The second-order valence-electron chi connectivity index (χ2n) is 6.24. The normalized spacial score (nSPS) is 29.7. The second-order valence-corrected chi connectivity index (χ2v) is 6.24. The lowest BCUT2D eigenvalue weighted by Gasteiger charge is -2.39. The van der Waals surface area contributed by atoms with Crippen LogP contribution in [0.1, 0.15) is 53.4 Å². The molecule has 1 N–H and O–H groups in total. The summed E-state index contributed by atoms with van der Waals surface area (Å²) < 4.78 is 43.4. The van der Waals surface area contributed by atoms with Gasteiger partial charge >= 0.3 is 6.18 Å². The van der Waals surface area contributed by atoms with Crippen LogP contribution in [0.5, 0.6) is 0 Å². The topological polar surface area (TPSA) is 21.3 Å². The average molecular weight is 295 g/mol. The molecule has 0 aliphatic heterocycles. The van der Waals surface area contributed by atoms with Gasteiger partial charge in [-0.2, -0.15) is 13.2 Å². The Labute approximate surface area is 120 Å². The van der Waals surface area contributed by atoms with Crippen molar-refractivity contribution >= 4 is 0 Å². The molecule has 0 aromatic heterocycles. The Morgan fingerprint density at radius 1 is 1.20 bits per heavy atom. The van der Waals surface area contributed by atoms with Crippen LogP contribution in [0, 0.1) is 11.8 Å². The van der Waals surface area contributed by atoms with Gasteiger partial charge in [-0.3, -0.25) is 0 Å². The van der Waals surface area contributed by atoms with Gasteiger partial charge in [0.1, 0.15) is 0 Å². The van der Waals surface area contributed by atoms with E-state index in [1.54, 1.807) is 0 Å². The molecule has 1 saturated carbocycles. The predicted octanol–water partition coefficient (Wildman–Crippen LogP) is 4.15. The molecule has 20 heavy (non-hydrogen) atoms. The summed E-state index contributed by atoms with van der Waals surface area (Å²) in [4.78, 5) is 0. The van der Waals surface area contributed by atoms with Gasteiger partial charge in [0.15, 0.2) is 6.10 Å². The van der Waals surface area contributed by atoms with E-state index in [4.69, 9.17) is 4.74 Å². The van der Waals surface area contributed by atoms with E-state index >= 15 is 0 Å². The predicted molar refractivity (Wildman–Crippen MR) is 74.7 cm³/mol. The monoisotopic (exact) mass is 295 g/mol. The Hall–Kier alpha value is -0.290. The van der Waals surface area contributed by atoms with Gasteiger partial charge in [0, 0.05) is 6.04 Å². The Morgan fingerprint density at radius 3 is 2.35 bits per heavy atom. The number of hydrogen-bond acceptors (Lipinski definition) is 2. The van der Waals surface area contributed by atoms with Crippen molar-refractivity contribution in [2.45, 2.75) is 77.8 Å². The Bertz CT molecular complexity index is 281. The van der Waals surface area contributed by atoms with E-state index < -0.39 is 12.3 Å². The molecule has 0 saturated heterocycles. The van der Waals surface area contributed by atoms with Gasteiger partial charge in [0.2, 0.25) is 0 Å². The molecule has 0 aromatic carbocycles. The van der Waals surface area contributed by atoms with Gasteiger partial charge in [-0.05, 0) is 51.0 Å². The summed E-state index contributed by atoms with van der Waals surface area (Å²) in [6.07, 6.45) is -2.63. The van der Waals surface area contributed by atoms with Crippen molar-refractivity contribution in [1.82, 2.24) is 5.32 Å². The summed E-state index contributed by atoms with van der Waals surface area (Å²) in [5.74, 6) is 0.953. The van der Waals surface area contributed by atoms with E-state index in [0.717, 1.165) is 39.2 Å². The molecule has 0 amide bonds. The number of alkyl halides is 3. The average Bonchev–Trinajstić information content (AvgIpc) is 2.35. The molecule has 1 aliphatic rings. The minimum Gasteiger partial charge on any atom is -0.364 e. The summed E-state index contributed by atoms with van der Waals surface area (Å²) in [7, 11) is 0. The quantitative estimate of drug-likeness (QED) is 0.795. The molecule has 0 bridgehead atoms. The fourth-order valence-electron chi connectivity index (χ4n) is 2.82. The summed E-state index contributed by atoms with van der Waals surface area (Å²) >= 11 is 0. The minimum absolute atomic E-state index is 0.0507. The van der Waals surface area contributed by atoms with Gasteiger partial charge < -0.3 is 10.1 Å². The summed E-state index contributed by atoms with van der Waals surface area (Å²) in [6.45, 7) is 8.26. The smallest absolute Gasteiger partial charge is 0.364 e. The minimum atomic E-state index is -4.28. The largest absolute Gasteiger partial charge is 0.414 e. The third kappa shape index (κ3) is 5.24. The van der Waals surface area contributed by atoms with Gasteiger partial charge in [0.25, 0.3) is 0 Å². The van der Waals surface area contributed by atoms with Crippen LogP contribution in [0.2, 0.25) is 0 Å². The zero-order chi connectivity index (χ0) is 15.3. The number of nitrogens with one attached hydrogen (secondary N) is 1. The molecule has 1 aliphatic carbocycles. The van der Waals surface area contributed by atoms with Crippen molar-refractivity contribution in [3.63, 3.8) is 0 Å². The molecule has 0 aromatic rings. The molecule has 0 radical (unpaired) electrons. The summed E-state index contributed by atoms with van der Waals surface area (Å²) in [6, 6.07) is 0.0507. The lowest BCUT2D eigenvalue weighted by Crippen LogP contribution is -2.49. The molecule has 120 valence electrons. The van der Waals surface area contributed by atoms with Gasteiger partial charge in [-0.25, -0.2) is 0 Å². The highest BCUT2D eigenvalue weighted by molar-refractivity contribution is 4.87. The first kappa shape index (κ1) is 17.8. The highest BCUT2D eigenvalue weighted by Gasteiger charge is 2.41. The van der Waals surface area contributed by atoms with Crippen LogP contribution in [0.4, 0.5) is 13.2 Å². The zero-order valence-corrected chi connectivity index (χ0v) is 13.0. The third-order valence-electron chi connectivity index (χ3n) is 4.27. The third-order valence-corrected chi connectivity index (χ3v) is 4.27. The fraction of sp³-hybridized carbons (Fsp3) is 1.00. The van der Waals surface area contributed by atoms with Crippen LogP contribution < -0.4 is 5.32 Å². The maximum Gasteiger partial charge on any atom is 0.414 e. The fourth-order valence-corrected chi connectivity index (χ4v) is 2.82. The number of ether oxygens (including phenoxy) is 1. The number of halogens is 3.